The predicted molar refractivity (Wildman–Crippen MR) is 64.2 cm³/mol. The minimum atomic E-state index is 0.363. The number of aromatic amines is 1. The van der Waals surface area contributed by atoms with E-state index in [-0.39, 0.29) is 0 Å². The summed E-state index contributed by atoms with van der Waals surface area (Å²) in [6.45, 7) is 4.83. The summed E-state index contributed by atoms with van der Waals surface area (Å²) in [5.74, 6) is 2.10. The number of H-pyrrole nitrogens is 1. The molecule has 0 saturated carbocycles. The third kappa shape index (κ3) is 2.59. The van der Waals surface area contributed by atoms with Crippen LogP contribution in [0.3, 0.4) is 0 Å². The molecular weight excluding hydrogens is 200 g/mol. The summed E-state index contributed by atoms with van der Waals surface area (Å²) in [6.07, 6.45) is 0. The first-order valence-electron chi connectivity index (χ1n) is 5.46. The highest BCUT2D eigenvalue weighted by atomic mass is 15.2. The molecule has 0 aliphatic carbocycles. The lowest BCUT2D eigenvalue weighted by Gasteiger charge is -2.02. The SMILES string of the molecule is CC(C)c1n[nH]c(CNc2ccccc2)n1. The number of benzene rings is 1. The first-order chi connectivity index (χ1) is 7.75. The number of nitrogens with one attached hydrogen (secondary N) is 2. The molecule has 0 unspecified atom stereocenters. The molecule has 0 amide bonds. The molecule has 84 valence electrons. The second kappa shape index (κ2) is 4.79. The molecule has 4 heteroatoms. The molecule has 0 saturated heterocycles. The molecule has 0 radical (unpaired) electrons. The Bertz CT molecular complexity index is 433. The van der Waals surface area contributed by atoms with Crippen LogP contribution >= 0.6 is 0 Å². The molecule has 2 N–H and O–H groups in total. The molecule has 0 bridgehead atoms. The maximum absolute atomic E-state index is 4.40. The van der Waals surface area contributed by atoms with Gasteiger partial charge in [0, 0.05) is 11.6 Å². The first kappa shape index (κ1) is 10.7. The third-order valence-corrected chi connectivity index (χ3v) is 2.30. The van der Waals surface area contributed by atoms with Gasteiger partial charge in [-0.25, -0.2) is 4.98 Å². The summed E-state index contributed by atoms with van der Waals surface area (Å²) in [6, 6.07) is 10.1. The lowest BCUT2D eigenvalue weighted by atomic mass is 10.2. The summed E-state index contributed by atoms with van der Waals surface area (Å²) in [5.41, 5.74) is 1.09. The van der Waals surface area contributed by atoms with Gasteiger partial charge in [-0.05, 0) is 12.1 Å². The van der Waals surface area contributed by atoms with E-state index in [1.54, 1.807) is 0 Å². The van der Waals surface area contributed by atoms with E-state index in [9.17, 15) is 0 Å². The Morgan fingerprint density at radius 3 is 2.62 bits per heavy atom. The zero-order chi connectivity index (χ0) is 11.4. The minimum absolute atomic E-state index is 0.363. The van der Waals surface area contributed by atoms with E-state index in [1.807, 2.05) is 30.3 Å². The van der Waals surface area contributed by atoms with Crippen LogP contribution in [0, 0.1) is 0 Å². The fraction of sp³-hybridized carbons (Fsp3) is 0.333. The molecule has 4 nitrogen and oxygen atoms in total. The van der Waals surface area contributed by atoms with E-state index < -0.39 is 0 Å². The summed E-state index contributed by atoms with van der Waals surface area (Å²) >= 11 is 0. The van der Waals surface area contributed by atoms with E-state index in [4.69, 9.17) is 0 Å². The second-order valence-corrected chi connectivity index (χ2v) is 4.01. The largest absolute Gasteiger partial charge is 0.378 e. The number of anilines is 1. The summed E-state index contributed by atoms with van der Waals surface area (Å²) in [4.78, 5) is 4.40. The van der Waals surface area contributed by atoms with Crippen LogP contribution in [0.25, 0.3) is 0 Å². The fourth-order valence-electron chi connectivity index (χ4n) is 1.39. The molecule has 0 aliphatic rings. The van der Waals surface area contributed by atoms with Gasteiger partial charge in [0.1, 0.15) is 5.82 Å². The highest BCUT2D eigenvalue weighted by molar-refractivity contribution is 5.42. The minimum Gasteiger partial charge on any atom is -0.378 e. The van der Waals surface area contributed by atoms with E-state index in [0.717, 1.165) is 17.3 Å². The summed E-state index contributed by atoms with van der Waals surface area (Å²) < 4.78 is 0. The molecule has 1 aromatic heterocycles. The average molecular weight is 216 g/mol. The van der Waals surface area contributed by atoms with E-state index in [1.165, 1.54) is 0 Å². The van der Waals surface area contributed by atoms with E-state index in [2.05, 4.69) is 34.3 Å². The second-order valence-electron chi connectivity index (χ2n) is 4.01. The van der Waals surface area contributed by atoms with Gasteiger partial charge in [-0.15, -0.1) is 0 Å². The monoisotopic (exact) mass is 216 g/mol. The van der Waals surface area contributed by atoms with Crippen molar-refractivity contribution in [1.82, 2.24) is 15.2 Å². The smallest absolute Gasteiger partial charge is 0.153 e. The van der Waals surface area contributed by atoms with Crippen molar-refractivity contribution in [2.45, 2.75) is 26.3 Å². The highest BCUT2D eigenvalue weighted by Crippen LogP contribution is 2.09. The van der Waals surface area contributed by atoms with Crippen molar-refractivity contribution >= 4 is 5.69 Å². The summed E-state index contributed by atoms with van der Waals surface area (Å²) in [5, 5.41) is 10.4. The Hall–Kier alpha value is -1.84. The van der Waals surface area contributed by atoms with Crippen molar-refractivity contribution in [3.05, 3.63) is 42.0 Å². The summed E-state index contributed by atoms with van der Waals surface area (Å²) in [7, 11) is 0. The molecule has 1 aromatic carbocycles. The van der Waals surface area contributed by atoms with Gasteiger partial charge in [0.2, 0.25) is 0 Å². The van der Waals surface area contributed by atoms with Crippen molar-refractivity contribution in [2.24, 2.45) is 0 Å². The predicted octanol–water partition coefficient (Wildman–Crippen LogP) is 2.54. The quantitative estimate of drug-likeness (QED) is 0.825. The molecule has 0 fully saturated rings. The van der Waals surface area contributed by atoms with E-state index >= 15 is 0 Å². The van der Waals surface area contributed by atoms with E-state index in [0.29, 0.717) is 12.5 Å². The number of rotatable bonds is 4. The maximum atomic E-state index is 4.40. The Balaban J connectivity index is 1.95. The Morgan fingerprint density at radius 1 is 1.25 bits per heavy atom. The zero-order valence-corrected chi connectivity index (χ0v) is 9.57. The maximum Gasteiger partial charge on any atom is 0.153 e. The van der Waals surface area contributed by atoms with Gasteiger partial charge >= 0.3 is 0 Å². The van der Waals surface area contributed by atoms with Crippen LogP contribution in [-0.2, 0) is 6.54 Å². The van der Waals surface area contributed by atoms with Crippen LogP contribution in [0.4, 0.5) is 5.69 Å². The van der Waals surface area contributed by atoms with Crippen LogP contribution in [-0.4, -0.2) is 15.2 Å². The van der Waals surface area contributed by atoms with Gasteiger partial charge < -0.3 is 5.32 Å². The first-order valence-corrected chi connectivity index (χ1v) is 5.46. The zero-order valence-electron chi connectivity index (χ0n) is 9.57. The van der Waals surface area contributed by atoms with Crippen LogP contribution < -0.4 is 5.32 Å². The Labute approximate surface area is 95.1 Å². The van der Waals surface area contributed by atoms with Crippen LogP contribution in [0.5, 0.6) is 0 Å². The average Bonchev–Trinajstić information content (AvgIpc) is 2.76. The van der Waals surface area contributed by atoms with Crippen LogP contribution in [0.2, 0.25) is 0 Å². The van der Waals surface area contributed by atoms with Crippen molar-refractivity contribution in [2.75, 3.05) is 5.32 Å². The lowest BCUT2D eigenvalue weighted by molar-refractivity contribution is 0.780. The molecule has 0 atom stereocenters. The number of hydrogen-bond acceptors (Lipinski definition) is 3. The van der Waals surface area contributed by atoms with Gasteiger partial charge in [0.05, 0.1) is 6.54 Å². The number of hydrogen-bond donors (Lipinski definition) is 2. The topological polar surface area (TPSA) is 53.6 Å². The molecule has 0 aliphatic heterocycles. The normalized spacial score (nSPS) is 10.7. The molecule has 1 heterocycles. The molecular formula is C12H16N4. The van der Waals surface area contributed by atoms with Crippen LogP contribution in [0.15, 0.2) is 30.3 Å². The fourth-order valence-corrected chi connectivity index (χ4v) is 1.39. The van der Waals surface area contributed by atoms with Gasteiger partial charge in [-0.2, -0.15) is 5.10 Å². The molecule has 16 heavy (non-hydrogen) atoms. The Kier molecular flexibility index (Phi) is 3.19. The van der Waals surface area contributed by atoms with Crippen LogP contribution in [0.1, 0.15) is 31.4 Å². The van der Waals surface area contributed by atoms with Crippen molar-refractivity contribution < 1.29 is 0 Å². The van der Waals surface area contributed by atoms with Gasteiger partial charge in [-0.3, -0.25) is 5.10 Å². The highest BCUT2D eigenvalue weighted by Gasteiger charge is 2.06. The number of nitrogens with zero attached hydrogens (tertiary/aromatic N) is 2. The number of para-hydroxylation sites is 1. The number of aromatic nitrogens is 3. The molecule has 2 aromatic rings. The molecule has 0 spiro atoms. The van der Waals surface area contributed by atoms with Crippen molar-refractivity contribution in [3.63, 3.8) is 0 Å². The lowest BCUT2D eigenvalue weighted by Crippen LogP contribution is -2.01. The van der Waals surface area contributed by atoms with Gasteiger partial charge in [0.15, 0.2) is 5.82 Å². The van der Waals surface area contributed by atoms with Gasteiger partial charge in [0.25, 0.3) is 0 Å². The third-order valence-electron chi connectivity index (χ3n) is 2.30. The Morgan fingerprint density at radius 2 is 2.00 bits per heavy atom. The van der Waals surface area contributed by atoms with Crippen molar-refractivity contribution in [3.8, 4) is 0 Å². The van der Waals surface area contributed by atoms with Crippen molar-refractivity contribution in [1.29, 1.82) is 0 Å². The molecule has 2 rings (SSSR count). The van der Waals surface area contributed by atoms with Gasteiger partial charge in [-0.1, -0.05) is 32.0 Å². The standard InChI is InChI=1S/C12H16N4/c1-9(2)12-14-11(15-16-12)8-13-10-6-4-3-5-7-10/h3-7,9,13H,8H2,1-2H3,(H,14,15,16).